The van der Waals surface area contributed by atoms with Crippen LogP contribution in [-0.4, -0.2) is 80.2 Å². The summed E-state index contributed by atoms with van der Waals surface area (Å²) in [5.41, 5.74) is 5.38. The summed E-state index contributed by atoms with van der Waals surface area (Å²) in [6, 6.07) is 4.93. The molecule has 1 aromatic rings. The van der Waals surface area contributed by atoms with Crippen LogP contribution in [0.25, 0.3) is 0 Å². The summed E-state index contributed by atoms with van der Waals surface area (Å²) in [7, 11) is -3.81. The predicted octanol–water partition coefficient (Wildman–Crippen LogP) is 1.42. The molecule has 10 heteroatoms. The number of halogens is 1. The van der Waals surface area contributed by atoms with E-state index in [1.54, 1.807) is 9.80 Å². The second-order valence-corrected chi connectivity index (χ2v) is 10.6. The number of rotatable bonds is 9. The fourth-order valence-corrected chi connectivity index (χ4v) is 5.98. The number of hydrogen-bond acceptors (Lipinski definition) is 5. The maximum Gasteiger partial charge on any atom is 0.243 e. The first kappa shape index (κ1) is 24.6. The van der Waals surface area contributed by atoms with Crippen LogP contribution in [0.2, 0.25) is 0 Å². The average Bonchev–Trinajstić information content (AvgIpc) is 2.78. The molecule has 1 aliphatic carbocycles. The summed E-state index contributed by atoms with van der Waals surface area (Å²) in [4.78, 5) is 27.6. The minimum atomic E-state index is -3.81. The van der Waals surface area contributed by atoms with E-state index < -0.39 is 21.7 Å². The Labute approximate surface area is 189 Å². The fourth-order valence-electron chi connectivity index (χ4n) is 4.52. The number of carbonyl (C=O) groups is 2. The molecule has 2 aliphatic rings. The van der Waals surface area contributed by atoms with Crippen molar-refractivity contribution in [3.8, 4) is 0 Å². The molecule has 0 radical (unpaired) electrons. The van der Waals surface area contributed by atoms with Crippen LogP contribution in [-0.2, 0) is 19.6 Å². The zero-order valence-corrected chi connectivity index (χ0v) is 19.2. The van der Waals surface area contributed by atoms with E-state index in [0.29, 0.717) is 12.5 Å². The minimum absolute atomic E-state index is 0.0341. The summed E-state index contributed by atoms with van der Waals surface area (Å²) >= 11 is 0. The van der Waals surface area contributed by atoms with Gasteiger partial charge in [-0.3, -0.25) is 14.5 Å². The molecule has 0 bridgehead atoms. The van der Waals surface area contributed by atoms with Gasteiger partial charge in [-0.1, -0.05) is 38.2 Å². The molecule has 178 valence electrons. The molecule has 0 atom stereocenters. The molecular weight excluding hydrogens is 435 g/mol. The van der Waals surface area contributed by atoms with Gasteiger partial charge in [-0.25, -0.2) is 12.8 Å². The van der Waals surface area contributed by atoms with Crippen LogP contribution in [0.1, 0.15) is 38.5 Å². The zero-order chi connectivity index (χ0) is 23.1. The number of nitrogens with zero attached hydrogens (tertiary/aromatic N) is 3. The molecule has 2 N–H and O–H groups in total. The van der Waals surface area contributed by atoms with Gasteiger partial charge in [0.25, 0.3) is 0 Å². The number of hydrogen-bond donors (Lipinski definition) is 1. The molecule has 2 fully saturated rings. The van der Waals surface area contributed by atoms with Crippen LogP contribution in [0.4, 0.5) is 4.39 Å². The first-order valence-electron chi connectivity index (χ1n) is 11.3. The molecular formula is C22H33FN4O4S. The fraction of sp³-hybridized carbons (Fsp3) is 0.636. The summed E-state index contributed by atoms with van der Waals surface area (Å²) in [5.74, 6) is -0.585. The topological polar surface area (TPSA) is 104 Å². The predicted molar refractivity (Wildman–Crippen MR) is 119 cm³/mol. The number of sulfonamides is 1. The Morgan fingerprint density at radius 1 is 1.06 bits per heavy atom. The lowest BCUT2D eigenvalue weighted by atomic mass is 9.87. The van der Waals surface area contributed by atoms with Gasteiger partial charge in [0.1, 0.15) is 5.82 Å². The third-order valence-corrected chi connectivity index (χ3v) is 8.24. The lowest BCUT2D eigenvalue weighted by Crippen LogP contribution is -2.53. The Balaban J connectivity index is 1.52. The van der Waals surface area contributed by atoms with Gasteiger partial charge in [0.15, 0.2) is 0 Å². The van der Waals surface area contributed by atoms with E-state index >= 15 is 0 Å². The van der Waals surface area contributed by atoms with E-state index in [1.807, 2.05) is 0 Å². The Hall–Kier alpha value is -2.04. The Morgan fingerprint density at radius 2 is 1.75 bits per heavy atom. The molecule has 0 aromatic heterocycles. The van der Waals surface area contributed by atoms with Gasteiger partial charge in [0, 0.05) is 26.2 Å². The normalized spacial score (nSPS) is 18.8. The average molecular weight is 469 g/mol. The van der Waals surface area contributed by atoms with Crippen LogP contribution < -0.4 is 5.73 Å². The summed E-state index contributed by atoms with van der Waals surface area (Å²) in [6.45, 7) is 1.55. The molecule has 1 aliphatic heterocycles. The number of amides is 2. The molecule has 1 saturated carbocycles. The highest BCUT2D eigenvalue weighted by atomic mass is 32.2. The van der Waals surface area contributed by atoms with Gasteiger partial charge >= 0.3 is 0 Å². The van der Waals surface area contributed by atoms with Crippen LogP contribution >= 0.6 is 0 Å². The van der Waals surface area contributed by atoms with Crippen molar-refractivity contribution < 1.29 is 22.4 Å². The molecule has 8 nitrogen and oxygen atoms in total. The van der Waals surface area contributed by atoms with Crippen molar-refractivity contribution in [2.45, 2.75) is 43.4 Å². The summed E-state index contributed by atoms with van der Waals surface area (Å²) < 4.78 is 40.2. The van der Waals surface area contributed by atoms with Crippen molar-refractivity contribution in [1.82, 2.24) is 14.1 Å². The quantitative estimate of drug-likeness (QED) is 0.590. The van der Waals surface area contributed by atoms with Crippen molar-refractivity contribution >= 4 is 21.8 Å². The van der Waals surface area contributed by atoms with Crippen molar-refractivity contribution in [2.24, 2.45) is 11.7 Å². The van der Waals surface area contributed by atoms with E-state index in [9.17, 15) is 22.4 Å². The molecule has 32 heavy (non-hydrogen) atoms. The van der Waals surface area contributed by atoms with Gasteiger partial charge in [-0.2, -0.15) is 4.31 Å². The van der Waals surface area contributed by atoms with Crippen molar-refractivity contribution in [1.29, 1.82) is 0 Å². The first-order chi connectivity index (χ1) is 15.3. The van der Waals surface area contributed by atoms with Gasteiger partial charge in [0.05, 0.1) is 18.0 Å². The molecule has 1 saturated heterocycles. The van der Waals surface area contributed by atoms with Gasteiger partial charge in [0.2, 0.25) is 21.8 Å². The van der Waals surface area contributed by atoms with E-state index in [4.69, 9.17) is 5.73 Å². The molecule has 2 amide bonds. The largest absolute Gasteiger partial charge is 0.369 e. The highest BCUT2D eigenvalue weighted by Crippen LogP contribution is 2.26. The number of carbonyl (C=O) groups excluding carboxylic acids is 2. The second-order valence-electron chi connectivity index (χ2n) is 8.71. The van der Waals surface area contributed by atoms with Gasteiger partial charge < -0.3 is 10.6 Å². The van der Waals surface area contributed by atoms with Gasteiger partial charge in [-0.15, -0.1) is 0 Å². The maximum atomic E-state index is 13.5. The molecule has 0 unspecified atom stereocenters. The number of nitrogens with two attached hydrogens (primary N) is 1. The van der Waals surface area contributed by atoms with Crippen molar-refractivity contribution in [3.63, 3.8) is 0 Å². The van der Waals surface area contributed by atoms with Gasteiger partial charge in [-0.05, 0) is 37.1 Å². The highest BCUT2D eigenvalue weighted by molar-refractivity contribution is 7.89. The molecule has 1 heterocycles. The highest BCUT2D eigenvalue weighted by Gasteiger charge is 2.31. The smallest absolute Gasteiger partial charge is 0.243 e. The first-order valence-corrected chi connectivity index (χ1v) is 12.7. The zero-order valence-electron chi connectivity index (χ0n) is 18.4. The maximum absolute atomic E-state index is 13.5. The standard InChI is InChI=1S/C22H33FN4O4S/c23-19-7-4-8-20(15-19)32(30,31)27-13-11-26(12-14-27)22(29)17-25(16-21(24)28)10-9-18-5-2-1-3-6-18/h4,7-8,15,18H,1-3,5-6,9-14,16-17H2,(H2,24,28). The third kappa shape index (κ3) is 6.73. The summed E-state index contributed by atoms with van der Waals surface area (Å²) in [6.07, 6.45) is 7.09. The van der Waals surface area contributed by atoms with Crippen molar-refractivity contribution in [3.05, 3.63) is 30.1 Å². The lowest BCUT2D eigenvalue weighted by Gasteiger charge is -2.35. The monoisotopic (exact) mass is 468 g/mol. The Morgan fingerprint density at radius 3 is 2.38 bits per heavy atom. The van der Waals surface area contributed by atoms with Crippen molar-refractivity contribution in [2.75, 3.05) is 45.8 Å². The minimum Gasteiger partial charge on any atom is -0.369 e. The summed E-state index contributed by atoms with van der Waals surface area (Å²) in [5, 5.41) is 0. The van der Waals surface area contributed by atoms with E-state index in [-0.39, 0.29) is 50.1 Å². The van der Waals surface area contributed by atoms with Crippen LogP contribution in [0.5, 0.6) is 0 Å². The van der Waals surface area contributed by atoms with E-state index in [0.717, 1.165) is 12.5 Å². The van der Waals surface area contributed by atoms with E-state index in [1.165, 1.54) is 54.6 Å². The molecule has 1 aromatic carbocycles. The molecule has 3 rings (SSSR count). The van der Waals surface area contributed by atoms with Crippen LogP contribution in [0.15, 0.2) is 29.2 Å². The van der Waals surface area contributed by atoms with Crippen LogP contribution in [0, 0.1) is 11.7 Å². The number of piperazine rings is 1. The van der Waals surface area contributed by atoms with Crippen LogP contribution in [0.3, 0.4) is 0 Å². The molecule has 0 spiro atoms. The Kier molecular flexibility index (Phi) is 8.61. The second kappa shape index (κ2) is 11.2. The third-order valence-electron chi connectivity index (χ3n) is 6.34. The Bertz CT molecular complexity index is 897. The van der Waals surface area contributed by atoms with E-state index in [2.05, 4.69) is 0 Å². The number of primary amides is 1. The lowest BCUT2D eigenvalue weighted by molar-refractivity contribution is -0.134. The number of benzene rings is 1. The SMILES string of the molecule is NC(=O)CN(CCC1CCCCC1)CC(=O)N1CCN(S(=O)(=O)c2cccc(F)c2)CC1.